The van der Waals surface area contributed by atoms with Gasteiger partial charge < -0.3 is 9.80 Å². The van der Waals surface area contributed by atoms with Crippen LogP contribution in [0.3, 0.4) is 0 Å². The summed E-state index contributed by atoms with van der Waals surface area (Å²) in [6.45, 7) is 4.92. The summed E-state index contributed by atoms with van der Waals surface area (Å²) in [5.74, 6) is -0.781. The van der Waals surface area contributed by atoms with Crippen LogP contribution in [0.25, 0.3) is 0 Å². The molecule has 2 fully saturated rings. The third-order valence-corrected chi connectivity index (χ3v) is 4.94. The molecule has 0 aliphatic carbocycles. The Labute approximate surface area is 136 Å². The van der Waals surface area contributed by atoms with Gasteiger partial charge in [-0.3, -0.25) is 4.79 Å². The molecule has 1 unspecified atom stereocenters. The van der Waals surface area contributed by atoms with Gasteiger partial charge in [-0.1, -0.05) is 6.07 Å². The number of piperidine rings is 1. The third kappa shape index (κ3) is 4.28. The van der Waals surface area contributed by atoms with Crippen molar-refractivity contribution in [3.63, 3.8) is 0 Å². The summed E-state index contributed by atoms with van der Waals surface area (Å²) < 4.78 is 26.7. The van der Waals surface area contributed by atoms with Crippen molar-refractivity contribution in [3.05, 3.63) is 35.4 Å². The molecule has 0 spiro atoms. The van der Waals surface area contributed by atoms with Gasteiger partial charge in [-0.05, 0) is 56.3 Å². The fourth-order valence-electron chi connectivity index (χ4n) is 3.71. The predicted molar refractivity (Wildman–Crippen MR) is 85.0 cm³/mol. The Balaban J connectivity index is 1.55. The van der Waals surface area contributed by atoms with Gasteiger partial charge in [-0.25, -0.2) is 8.78 Å². The zero-order valence-electron chi connectivity index (χ0n) is 13.4. The minimum atomic E-state index is -0.635. The largest absolute Gasteiger partial charge is 0.342 e. The molecule has 2 saturated heterocycles. The molecule has 3 rings (SSSR count). The highest BCUT2D eigenvalue weighted by Gasteiger charge is 2.26. The van der Waals surface area contributed by atoms with Crippen LogP contribution in [-0.4, -0.2) is 48.4 Å². The lowest BCUT2D eigenvalue weighted by atomic mass is 9.96. The molecule has 23 heavy (non-hydrogen) atoms. The molecule has 2 heterocycles. The minimum Gasteiger partial charge on any atom is -0.342 e. The van der Waals surface area contributed by atoms with Crippen molar-refractivity contribution in [1.82, 2.24) is 9.80 Å². The van der Waals surface area contributed by atoms with Crippen molar-refractivity contribution in [2.75, 3.05) is 32.7 Å². The summed E-state index contributed by atoms with van der Waals surface area (Å²) in [6.07, 6.45) is 4.74. The normalized spacial score (nSPS) is 22.5. The number of hydrogen-bond donors (Lipinski definition) is 0. The second kappa shape index (κ2) is 7.39. The van der Waals surface area contributed by atoms with E-state index in [1.807, 2.05) is 4.90 Å². The molecule has 3 nitrogen and oxygen atoms in total. The van der Waals surface area contributed by atoms with E-state index >= 15 is 0 Å². The van der Waals surface area contributed by atoms with Crippen LogP contribution in [0.5, 0.6) is 0 Å². The Morgan fingerprint density at radius 2 is 1.91 bits per heavy atom. The van der Waals surface area contributed by atoms with Gasteiger partial charge in [-0.2, -0.15) is 0 Å². The summed E-state index contributed by atoms with van der Waals surface area (Å²) in [5, 5.41) is 0. The van der Waals surface area contributed by atoms with Crippen molar-refractivity contribution in [2.24, 2.45) is 5.92 Å². The van der Waals surface area contributed by atoms with E-state index in [2.05, 4.69) is 4.90 Å². The van der Waals surface area contributed by atoms with Gasteiger partial charge in [0.05, 0.1) is 6.42 Å². The van der Waals surface area contributed by atoms with Crippen LogP contribution < -0.4 is 0 Å². The molecule has 1 amide bonds. The molecular formula is C18H24F2N2O. The zero-order chi connectivity index (χ0) is 16.2. The quantitative estimate of drug-likeness (QED) is 0.851. The fraction of sp³-hybridized carbons (Fsp3) is 0.611. The van der Waals surface area contributed by atoms with E-state index in [1.165, 1.54) is 38.1 Å². The van der Waals surface area contributed by atoms with Crippen LogP contribution >= 0.6 is 0 Å². The van der Waals surface area contributed by atoms with Crippen LogP contribution in [-0.2, 0) is 11.2 Å². The predicted octanol–water partition coefficient (Wildman–Crippen LogP) is 2.84. The first-order valence-electron chi connectivity index (χ1n) is 8.56. The second-order valence-corrected chi connectivity index (χ2v) is 6.77. The summed E-state index contributed by atoms with van der Waals surface area (Å²) in [6, 6.07) is 3.42. The van der Waals surface area contributed by atoms with Crippen molar-refractivity contribution in [3.8, 4) is 0 Å². The lowest BCUT2D eigenvalue weighted by Crippen LogP contribution is -2.44. The molecule has 0 bridgehead atoms. The summed E-state index contributed by atoms with van der Waals surface area (Å²) in [4.78, 5) is 16.8. The van der Waals surface area contributed by atoms with Crippen LogP contribution in [0.15, 0.2) is 18.2 Å². The number of halogens is 2. The van der Waals surface area contributed by atoms with Gasteiger partial charge in [0.15, 0.2) is 0 Å². The molecule has 1 atom stereocenters. The van der Waals surface area contributed by atoms with Crippen molar-refractivity contribution < 1.29 is 13.6 Å². The Morgan fingerprint density at radius 3 is 2.65 bits per heavy atom. The summed E-state index contributed by atoms with van der Waals surface area (Å²) >= 11 is 0. The van der Waals surface area contributed by atoms with E-state index in [-0.39, 0.29) is 17.9 Å². The molecule has 2 aliphatic heterocycles. The van der Waals surface area contributed by atoms with Crippen LogP contribution in [0.2, 0.25) is 0 Å². The maximum absolute atomic E-state index is 13.7. The van der Waals surface area contributed by atoms with Crippen LogP contribution in [0, 0.1) is 17.6 Å². The molecule has 0 aromatic heterocycles. The molecule has 0 N–H and O–H groups in total. The van der Waals surface area contributed by atoms with Gasteiger partial charge in [0.2, 0.25) is 5.91 Å². The second-order valence-electron chi connectivity index (χ2n) is 6.77. The van der Waals surface area contributed by atoms with Gasteiger partial charge >= 0.3 is 0 Å². The fourth-order valence-corrected chi connectivity index (χ4v) is 3.71. The number of likely N-dealkylation sites (tertiary alicyclic amines) is 2. The molecule has 2 aliphatic rings. The Hall–Kier alpha value is -1.49. The van der Waals surface area contributed by atoms with E-state index < -0.39 is 11.6 Å². The molecule has 1 aromatic rings. The average Bonchev–Trinajstić information content (AvgIpc) is 3.03. The number of hydrogen-bond acceptors (Lipinski definition) is 2. The van der Waals surface area contributed by atoms with Gasteiger partial charge in [0, 0.05) is 25.7 Å². The monoisotopic (exact) mass is 322 g/mol. The number of benzene rings is 1. The summed E-state index contributed by atoms with van der Waals surface area (Å²) in [5.41, 5.74) is 0.276. The van der Waals surface area contributed by atoms with Crippen LogP contribution in [0.4, 0.5) is 8.78 Å². The number of amides is 1. The molecule has 0 radical (unpaired) electrons. The first-order chi connectivity index (χ1) is 11.1. The smallest absolute Gasteiger partial charge is 0.227 e. The van der Waals surface area contributed by atoms with Gasteiger partial charge in [-0.15, -0.1) is 0 Å². The Kier molecular flexibility index (Phi) is 5.26. The number of carbonyl (C=O) groups is 1. The zero-order valence-corrected chi connectivity index (χ0v) is 13.4. The lowest BCUT2D eigenvalue weighted by molar-refractivity contribution is -0.132. The highest BCUT2D eigenvalue weighted by atomic mass is 19.1. The standard InChI is InChI=1S/C18H24F2N2O/c19-16-6-5-15(17(20)11-16)10-18(23)22-9-3-4-14(13-22)12-21-7-1-2-8-21/h5-6,11,14H,1-4,7-10,12-13H2. The molecule has 126 valence electrons. The maximum Gasteiger partial charge on any atom is 0.227 e. The lowest BCUT2D eigenvalue weighted by Gasteiger charge is -2.34. The number of rotatable bonds is 4. The molecule has 5 heteroatoms. The first-order valence-corrected chi connectivity index (χ1v) is 8.56. The SMILES string of the molecule is O=C(Cc1ccc(F)cc1F)N1CCCC(CN2CCCC2)C1. The third-order valence-electron chi connectivity index (χ3n) is 4.94. The molecule has 1 aromatic carbocycles. The Morgan fingerprint density at radius 1 is 1.13 bits per heavy atom. The van der Waals surface area contributed by atoms with Crippen molar-refractivity contribution in [1.29, 1.82) is 0 Å². The van der Waals surface area contributed by atoms with Crippen molar-refractivity contribution in [2.45, 2.75) is 32.1 Å². The summed E-state index contributed by atoms with van der Waals surface area (Å²) in [7, 11) is 0. The molecular weight excluding hydrogens is 298 g/mol. The van der Waals surface area contributed by atoms with Crippen LogP contribution in [0.1, 0.15) is 31.2 Å². The van der Waals surface area contributed by atoms with Gasteiger partial charge in [0.25, 0.3) is 0 Å². The minimum absolute atomic E-state index is 0.0164. The highest BCUT2D eigenvalue weighted by Crippen LogP contribution is 2.21. The number of carbonyl (C=O) groups excluding carboxylic acids is 1. The van der Waals surface area contributed by atoms with E-state index in [9.17, 15) is 13.6 Å². The van der Waals surface area contributed by atoms with Crippen molar-refractivity contribution >= 4 is 5.91 Å². The molecule has 0 saturated carbocycles. The van der Waals surface area contributed by atoms with E-state index in [4.69, 9.17) is 0 Å². The van der Waals surface area contributed by atoms with Gasteiger partial charge in [0.1, 0.15) is 11.6 Å². The number of nitrogens with zero attached hydrogens (tertiary/aromatic N) is 2. The van der Waals surface area contributed by atoms with E-state index in [1.54, 1.807) is 0 Å². The highest BCUT2D eigenvalue weighted by molar-refractivity contribution is 5.79. The first kappa shape index (κ1) is 16.4. The average molecular weight is 322 g/mol. The van der Waals surface area contributed by atoms with E-state index in [0.717, 1.165) is 38.5 Å². The Bertz CT molecular complexity index is 558. The maximum atomic E-state index is 13.7. The van der Waals surface area contributed by atoms with E-state index in [0.29, 0.717) is 5.92 Å². The topological polar surface area (TPSA) is 23.6 Å².